The average Bonchev–Trinajstić information content (AvgIpc) is 3.04. The van der Waals surface area contributed by atoms with Crippen molar-refractivity contribution in [3.8, 4) is 5.75 Å². The largest absolute Gasteiger partial charge is 0.490 e. The molecule has 106 valence electrons. The van der Waals surface area contributed by atoms with E-state index in [4.69, 9.17) is 9.84 Å². The van der Waals surface area contributed by atoms with Crippen molar-refractivity contribution in [3.63, 3.8) is 0 Å². The van der Waals surface area contributed by atoms with Gasteiger partial charge in [0.1, 0.15) is 12.4 Å². The third kappa shape index (κ3) is 3.14. The molecule has 2 aromatic rings. The fourth-order valence-corrected chi connectivity index (χ4v) is 2.35. The number of rotatable bonds is 5. The van der Waals surface area contributed by atoms with Gasteiger partial charge in [-0.2, -0.15) is 5.10 Å². The van der Waals surface area contributed by atoms with Gasteiger partial charge in [0.25, 0.3) is 0 Å². The second-order valence-electron chi connectivity index (χ2n) is 4.88. The Kier molecular flexibility index (Phi) is 4.01. The van der Waals surface area contributed by atoms with E-state index >= 15 is 0 Å². The number of hydrogen-bond donors (Lipinski definition) is 0. The van der Waals surface area contributed by atoms with Gasteiger partial charge in [-0.25, -0.2) is 0 Å². The van der Waals surface area contributed by atoms with Crippen LogP contribution < -0.4 is 9.75 Å². The molecule has 0 aromatic heterocycles. The Morgan fingerprint density at radius 1 is 1.10 bits per heavy atom. The van der Waals surface area contributed by atoms with Crippen molar-refractivity contribution in [2.24, 2.45) is 5.10 Å². The van der Waals surface area contributed by atoms with Crippen molar-refractivity contribution in [1.82, 2.24) is 0 Å². The highest BCUT2D eigenvalue weighted by Gasteiger charge is 2.16. The lowest BCUT2D eigenvalue weighted by Crippen LogP contribution is -2.11. The van der Waals surface area contributed by atoms with Crippen LogP contribution in [0.4, 0.5) is 5.69 Å². The van der Waals surface area contributed by atoms with Gasteiger partial charge in [-0.1, -0.05) is 30.9 Å². The molecule has 0 saturated heterocycles. The molecular weight excluding hydrogens is 260 g/mol. The predicted molar refractivity (Wildman–Crippen MR) is 87.1 cm³/mol. The lowest BCUT2D eigenvalue weighted by molar-refractivity contribution is 0.363. The number of anilines is 1. The van der Waals surface area contributed by atoms with E-state index in [2.05, 4.69) is 35.9 Å². The van der Waals surface area contributed by atoms with Gasteiger partial charge in [-0.3, -0.25) is 5.01 Å². The van der Waals surface area contributed by atoms with Crippen LogP contribution in [-0.2, 0) is 0 Å². The summed E-state index contributed by atoms with van der Waals surface area (Å²) in [7, 11) is 0. The minimum Gasteiger partial charge on any atom is -0.490 e. The first-order chi connectivity index (χ1) is 10.4. The zero-order valence-electron chi connectivity index (χ0n) is 11.9. The van der Waals surface area contributed by atoms with Crippen molar-refractivity contribution in [3.05, 3.63) is 72.8 Å². The van der Waals surface area contributed by atoms with Crippen LogP contribution in [-0.4, -0.2) is 18.9 Å². The van der Waals surface area contributed by atoms with Crippen LogP contribution in [0.25, 0.3) is 0 Å². The molecule has 2 aromatic carbocycles. The molecule has 0 aliphatic carbocycles. The summed E-state index contributed by atoms with van der Waals surface area (Å²) in [6.45, 7) is 5.10. The van der Waals surface area contributed by atoms with E-state index < -0.39 is 0 Å². The molecular formula is C18H18N2O. The first-order valence-electron chi connectivity index (χ1n) is 7.11. The van der Waals surface area contributed by atoms with E-state index in [1.54, 1.807) is 6.08 Å². The van der Waals surface area contributed by atoms with Crippen LogP contribution in [0.15, 0.2) is 72.4 Å². The van der Waals surface area contributed by atoms with Crippen LogP contribution in [0.2, 0.25) is 0 Å². The maximum Gasteiger partial charge on any atom is 0.119 e. The molecule has 0 radical (unpaired) electrons. The maximum absolute atomic E-state index is 5.49. The third-order valence-corrected chi connectivity index (χ3v) is 3.41. The average molecular weight is 278 g/mol. The number of nitrogens with zero attached hydrogens (tertiary/aromatic N) is 2. The van der Waals surface area contributed by atoms with Crippen molar-refractivity contribution >= 4 is 11.4 Å². The fourth-order valence-electron chi connectivity index (χ4n) is 2.35. The highest BCUT2D eigenvalue weighted by atomic mass is 16.5. The highest BCUT2D eigenvalue weighted by molar-refractivity contribution is 6.02. The van der Waals surface area contributed by atoms with Gasteiger partial charge >= 0.3 is 0 Å². The molecule has 0 N–H and O–H groups in total. The van der Waals surface area contributed by atoms with Crippen LogP contribution in [0.3, 0.4) is 0 Å². The quantitative estimate of drug-likeness (QED) is 0.776. The number of para-hydroxylation sites is 1. The molecule has 0 fully saturated rings. The van der Waals surface area contributed by atoms with Gasteiger partial charge in [0.2, 0.25) is 0 Å². The fraction of sp³-hybridized carbons (Fsp3) is 0.167. The van der Waals surface area contributed by atoms with Crippen LogP contribution in [0.1, 0.15) is 12.0 Å². The summed E-state index contributed by atoms with van der Waals surface area (Å²) in [5.74, 6) is 0.858. The first-order valence-corrected chi connectivity index (χ1v) is 7.11. The molecule has 3 heteroatoms. The molecule has 0 atom stereocenters. The lowest BCUT2D eigenvalue weighted by atomic mass is 10.1. The van der Waals surface area contributed by atoms with Crippen LogP contribution >= 0.6 is 0 Å². The highest BCUT2D eigenvalue weighted by Crippen LogP contribution is 2.22. The number of hydrogen-bond acceptors (Lipinski definition) is 3. The molecule has 0 bridgehead atoms. The predicted octanol–water partition coefficient (Wildman–Crippen LogP) is 3.87. The lowest BCUT2D eigenvalue weighted by Gasteiger charge is -2.12. The Labute approximate surface area is 125 Å². The molecule has 0 spiro atoms. The van der Waals surface area contributed by atoms with E-state index in [9.17, 15) is 0 Å². The van der Waals surface area contributed by atoms with Crippen molar-refractivity contribution in [2.45, 2.75) is 6.42 Å². The van der Waals surface area contributed by atoms with Crippen LogP contribution in [0.5, 0.6) is 5.75 Å². The standard InChI is InChI=1S/C18H18N2O/c1-2-14-21-17-10-8-15(9-11-17)18-12-13-20(19-18)16-6-4-3-5-7-16/h2-11H,1,12-14H2. The normalized spacial score (nSPS) is 13.9. The maximum atomic E-state index is 5.49. The zero-order chi connectivity index (χ0) is 14.5. The minimum atomic E-state index is 0.530. The second-order valence-corrected chi connectivity index (χ2v) is 4.88. The van der Waals surface area contributed by atoms with Crippen molar-refractivity contribution < 1.29 is 4.74 Å². The van der Waals surface area contributed by atoms with Gasteiger partial charge in [0.05, 0.1) is 11.4 Å². The van der Waals surface area contributed by atoms with Gasteiger partial charge in [-0.05, 0) is 42.0 Å². The summed E-state index contributed by atoms with van der Waals surface area (Å²) in [6, 6.07) is 18.3. The molecule has 0 amide bonds. The number of benzene rings is 2. The topological polar surface area (TPSA) is 24.8 Å². The molecule has 0 saturated carbocycles. The molecule has 21 heavy (non-hydrogen) atoms. The second kappa shape index (κ2) is 6.27. The number of ether oxygens (including phenoxy) is 1. The van der Waals surface area contributed by atoms with Gasteiger partial charge in [0.15, 0.2) is 0 Å². The Hall–Kier alpha value is -2.55. The van der Waals surface area contributed by atoms with Crippen molar-refractivity contribution in [2.75, 3.05) is 18.2 Å². The van der Waals surface area contributed by atoms with E-state index in [-0.39, 0.29) is 0 Å². The van der Waals surface area contributed by atoms with E-state index in [0.717, 1.165) is 35.7 Å². The summed E-state index contributed by atoms with van der Waals surface area (Å²) in [6.07, 6.45) is 2.70. The molecule has 0 unspecified atom stereocenters. The molecule has 1 aliphatic heterocycles. The summed E-state index contributed by atoms with van der Waals surface area (Å²) < 4.78 is 5.49. The first kappa shape index (κ1) is 13.4. The Morgan fingerprint density at radius 2 is 1.86 bits per heavy atom. The van der Waals surface area contributed by atoms with E-state index in [0.29, 0.717) is 6.61 Å². The Bertz CT molecular complexity index is 632. The van der Waals surface area contributed by atoms with Gasteiger partial charge < -0.3 is 4.74 Å². The van der Waals surface area contributed by atoms with Gasteiger partial charge in [-0.15, -0.1) is 0 Å². The van der Waals surface area contributed by atoms with Crippen LogP contribution in [0, 0.1) is 0 Å². The monoisotopic (exact) mass is 278 g/mol. The smallest absolute Gasteiger partial charge is 0.119 e. The number of hydrazone groups is 1. The summed E-state index contributed by atoms with van der Waals surface area (Å²) in [4.78, 5) is 0. The Morgan fingerprint density at radius 3 is 2.57 bits per heavy atom. The van der Waals surface area contributed by atoms with E-state index in [1.165, 1.54) is 0 Å². The van der Waals surface area contributed by atoms with Crippen molar-refractivity contribution in [1.29, 1.82) is 0 Å². The summed E-state index contributed by atoms with van der Waals surface area (Å²) in [5.41, 5.74) is 3.41. The summed E-state index contributed by atoms with van der Waals surface area (Å²) in [5, 5.41) is 6.77. The SMILES string of the molecule is C=CCOc1ccc(C2=NN(c3ccccc3)CC2)cc1. The van der Waals surface area contributed by atoms with Gasteiger partial charge in [0, 0.05) is 13.0 Å². The zero-order valence-corrected chi connectivity index (χ0v) is 11.9. The van der Waals surface area contributed by atoms with E-state index in [1.807, 2.05) is 30.3 Å². The molecule has 1 aliphatic rings. The third-order valence-electron chi connectivity index (χ3n) is 3.41. The molecule has 3 rings (SSSR count). The summed E-state index contributed by atoms with van der Waals surface area (Å²) >= 11 is 0. The Balaban J connectivity index is 1.74. The molecule has 1 heterocycles. The minimum absolute atomic E-state index is 0.530. The molecule has 3 nitrogen and oxygen atoms in total.